The second-order valence-electron chi connectivity index (χ2n) is 12.5. The topological polar surface area (TPSA) is 96.4 Å². The SMILES string of the molecule is C=CCN(C(=O)C1N([C@H](C)CO)C(=O)[C@@H]2[C@@H](C(=O)OCC)[C@@]3(C)CCC12O3)C(C)(C)CC(C)(C)C. The van der Waals surface area contributed by atoms with Gasteiger partial charge in [-0.3, -0.25) is 14.4 Å². The summed E-state index contributed by atoms with van der Waals surface area (Å²) in [6.07, 6.45) is 3.47. The van der Waals surface area contributed by atoms with Gasteiger partial charge in [0, 0.05) is 12.1 Å². The average Bonchev–Trinajstić information content (AvgIpc) is 3.30. The molecular formula is C27H44N2O6. The fraction of sp³-hybridized carbons (Fsp3) is 0.815. The molecule has 3 fully saturated rings. The molecule has 8 nitrogen and oxygen atoms in total. The molecule has 3 aliphatic heterocycles. The zero-order valence-electron chi connectivity index (χ0n) is 22.7. The second-order valence-corrected chi connectivity index (χ2v) is 12.5. The normalized spacial score (nSPS) is 33.0. The van der Waals surface area contributed by atoms with Gasteiger partial charge in [-0.05, 0) is 59.3 Å². The van der Waals surface area contributed by atoms with Gasteiger partial charge in [0.15, 0.2) is 0 Å². The van der Waals surface area contributed by atoms with Crippen LogP contribution in [0.4, 0.5) is 0 Å². The molecule has 1 spiro atoms. The third-order valence-corrected chi connectivity index (χ3v) is 8.00. The van der Waals surface area contributed by atoms with Crippen LogP contribution in [0.15, 0.2) is 12.7 Å². The van der Waals surface area contributed by atoms with Crippen molar-refractivity contribution in [3.05, 3.63) is 12.7 Å². The van der Waals surface area contributed by atoms with Crippen molar-refractivity contribution < 1.29 is 29.0 Å². The van der Waals surface area contributed by atoms with Crippen molar-refractivity contribution in [2.75, 3.05) is 19.8 Å². The molecule has 2 unspecified atom stereocenters. The van der Waals surface area contributed by atoms with Crippen molar-refractivity contribution in [3.8, 4) is 0 Å². The Bertz CT molecular complexity index is 879. The maximum absolute atomic E-state index is 14.5. The summed E-state index contributed by atoms with van der Waals surface area (Å²) in [6, 6.07) is -1.55. The second kappa shape index (κ2) is 9.18. The lowest BCUT2D eigenvalue weighted by Crippen LogP contribution is -2.62. The predicted octanol–water partition coefficient (Wildman–Crippen LogP) is 2.92. The van der Waals surface area contributed by atoms with Gasteiger partial charge in [-0.1, -0.05) is 26.8 Å². The lowest BCUT2D eigenvalue weighted by Gasteiger charge is -2.46. The average molecular weight is 493 g/mol. The molecule has 2 bridgehead atoms. The highest BCUT2D eigenvalue weighted by molar-refractivity contribution is 5.99. The molecule has 3 rings (SSSR count). The molecule has 198 valence electrons. The zero-order chi connectivity index (χ0) is 26.6. The quantitative estimate of drug-likeness (QED) is 0.393. The number of carbonyl (C=O) groups is 3. The summed E-state index contributed by atoms with van der Waals surface area (Å²) in [4.78, 5) is 44.8. The number of nitrogens with zero attached hydrogens (tertiary/aromatic N) is 2. The fourth-order valence-electron chi connectivity index (χ4n) is 7.10. The molecule has 0 aromatic rings. The molecule has 0 aliphatic carbocycles. The Hall–Kier alpha value is -1.93. The van der Waals surface area contributed by atoms with Crippen molar-refractivity contribution in [2.45, 2.75) is 103 Å². The van der Waals surface area contributed by atoms with E-state index in [2.05, 4.69) is 27.4 Å². The highest BCUT2D eigenvalue weighted by Crippen LogP contribution is 2.63. The highest BCUT2D eigenvalue weighted by Gasteiger charge is 2.79. The number of ether oxygens (including phenoxy) is 2. The van der Waals surface area contributed by atoms with Crippen LogP contribution < -0.4 is 0 Å². The first-order valence-corrected chi connectivity index (χ1v) is 12.8. The zero-order valence-corrected chi connectivity index (χ0v) is 22.7. The monoisotopic (exact) mass is 492 g/mol. The van der Waals surface area contributed by atoms with Crippen LogP contribution in [0.5, 0.6) is 0 Å². The van der Waals surface area contributed by atoms with E-state index in [1.807, 2.05) is 20.8 Å². The van der Waals surface area contributed by atoms with Crippen LogP contribution in [0, 0.1) is 17.3 Å². The number of rotatable bonds is 9. The van der Waals surface area contributed by atoms with E-state index in [4.69, 9.17) is 9.47 Å². The summed E-state index contributed by atoms with van der Waals surface area (Å²) in [6.45, 7) is 19.8. The van der Waals surface area contributed by atoms with Crippen LogP contribution in [0.2, 0.25) is 0 Å². The molecule has 0 radical (unpaired) electrons. The Morgan fingerprint density at radius 1 is 1.31 bits per heavy atom. The fourth-order valence-corrected chi connectivity index (χ4v) is 7.10. The minimum atomic E-state index is -1.14. The van der Waals surface area contributed by atoms with Crippen LogP contribution in [0.1, 0.15) is 74.7 Å². The van der Waals surface area contributed by atoms with E-state index in [1.165, 1.54) is 4.90 Å². The molecule has 3 saturated heterocycles. The summed E-state index contributed by atoms with van der Waals surface area (Å²) in [5.41, 5.74) is -2.58. The maximum atomic E-state index is 14.5. The van der Waals surface area contributed by atoms with Gasteiger partial charge in [0.1, 0.15) is 17.6 Å². The summed E-state index contributed by atoms with van der Waals surface area (Å²) in [5.74, 6) is -2.62. The van der Waals surface area contributed by atoms with Gasteiger partial charge in [-0.2, -0.15) is 0 Å². The van der Waals surface area contributed by atoms with Crippen LogP contribution in [0.3, 0.4) is 0 Å². The first kappa shape index (κ1) is 27.7. The van der Waals surface area contributed by atoms with Gasteiger partial charge in [0.25, 0.3) is 0 Å². The van der Waals surface area contributed by atoms with Gasteiger partial charge >= 0.3 is 5.97 Å². The minimum Gasteiger partial charge on any atom is -0.466 e. The van der Waals surface area contributed by atoms with Crippen molar-refractivity contribution in [1.82, 2.24) is 9.80 Å². The minimum absolute atomic E-state index is 0.0433. The van der Waals surface area contributed by atoms with Gasteiger partial charge in [0.2, 0.25) is 11.8 Å². The first-order valence-electron chi connectivity index (χ1n) is 12.8. The Morgan fingerprint density at radius 2 is 1.94 bits per heavy atom. The summed E-state index contributed by atoms with van der Waals surface area (Å²) in [5, 5.41) is 10.0. The smallest absolute Gasteiger partial charge is 0.312 e. The Kier molecular flexibility index (Phi) is 7.25. The Labute approximate surface area is 210 Å². The molecular weight excluding hydrogens is 448 g/mol. The van der Waals surface area contributed by atoms with Crippen molar-refractivity contribution in [3.63, 3.8) is 0 Å². The number of hydrogen-bond donors (Lipinski definition) is 1. The molecule has 0 aromatic heterocycles. The van der Waals surface area contributed by atoms with E-state index in [1.54, 1.807) is 24.8 Å². The van der Waals surface area contributed by atoms with Crippen LogP contribution >= 0.6 is 0 Å². The van der Waals surface area contributed by atoms with Crippen molar-refractivity contribution in [2.24, 2.45) is 17.3 Å². The first-order chi connectivity index (χ1) is 16.1. The van der Waals surface area contributed by atoms with Crippen LogP contribution in [0.25, 0.3) is 0 Å². The molecule has 3 heterocycles. The number of esters is 1. The molecule has 8 heteroatoms. The number of aliphatic hydroxyl groups excluding tert-OH is 1. The van der Waals surface area contributed by atoms with Gasteiger partial charge in [-0.25, -0.2) is 0 Å². The molecule has 2 amide bonds. The van der Waals surface area contributed by atoms with Crippen molar-refractivity contribution >= 4 is 17.8 Å². The van der Waals surface area contributed by atoms with E-state index in [0.717, 1.165) is 6.42 Å². The predicted molar refractivity (Wildman–Crippen MR) is 132 cm³/mol. The standard InChI is InChI=1S/C27H44N2O6/c1-10-14-28(25(7,8)16-24(4,5)6)22(32)20-27-13-12-26(9,35-27)19(23(33)34-11-2)18(27)21(31)29(20)17(3)15-30/h10,17-20,30H,1,11-16H2,2-9H3/t17-,18+,19+,20?,26-,27?/m1/s1. The number of fused-ring (bicyclic) bond motifs is 1. The summed E-state index contributed by atoms with van der Waals surface area (Å²) in [7, 11) is 0. The third-order valence-electron chi connectivity index (χ3n) is 8.00. The van der Waals surface area contributed by atoms with Crippen LogP contribution in [-0.2, 0) is 23.9 Å². The summed E-state index contributed by atoms with van der Waals surface area (Å²) < 4.78 is 12.0. The van der Waals surface area contributed by atoms with Gasteiger partial charge < -0.3 is 24.4 Å². The molecule has 6 atom stereocenters. The maximum Gasteiger partial charge on any atom is 0.312 e. The molecule has 0 aromatic carbocycles. The van der Waals surface area contributed by atoms with E-state index in [-0.39, 0.29) is 30.4 Å². The van der Waals surface area contributed by atoms with Gasteiger partial charge in [-0.15, -0.1) is 6.58 Å². The number of carbonyl (C=O) groups excluding carboxylic acids is 3. The van der Waals surface area contributed by atoms with Crippen molar-refractivity contribution in [1.29, 1.82) is 0 Å². The molecule has 35 heavy (non-hydrogen) atoms. The number of aliphatic hydroxyl groups is 1. The number of amides is 2. The lowest BCUT2D eigenvalue weighted by molar-refractivity contribution is -0.162. The molecule has 3 aliphatic rings. The highest BCUT2D eigenvalue weighted by atomic mass is 16.6. The number of hydrogen-bond acceptors (Lipinski definition) is 6. The van der Waals surface area contributed by atoms with E-state index in [9.17, 15) is 19.5 Å². The Balaban J connectivity index is 2.13. The molecule has 0 saturated carbocycles. The Morgan fingerprint density at radius 3 is 2.46 bits per heavy atom. The van der Waals surface area contributed by atoms with E-state index in [0.29, 0.717) is 19.4 Å². The third kappa shape index (κ3) is 4.41. The number of likely N-dealkylation sites (tertiary alicyclic amines) is 1. The van der Waals surface area contributed by atoms with Gasteiger partial charge in [0.05, 0.1) is 30.8 Å². The van der Waals surface area contributed by atoms with Crippen LogP contribution in [-0.4, -0.2) is 81.3 Å². The lowest BCUT2D eigenvalue weighted by atomic mass is 9.66. The largest absolute Gasteiger partial charge is 0.466 e. The van der Waals surface area contributed by atoms with E-state index >= 15 is 0 Å². The molecule has 1 N–H and O–H groups in total. The van der Waals surface area contributed by atoms with E-state index < -0.39 is 46.6 Å². The summed E-state index contributed by atoms with van der Waals surface area (Å²) >= 11 is 0.